The normalized spacial score (nSPS) is 11.6. The zero-order valence-electron chi connectivity index (χ0n) is 13.4. The minimum absolute atomic E-state index is 0.00981. The summed E-state index contributed by atoms with van der Waals surface area (Å²) in [6, 6.07) is 11.1. The Balaban J connectivity index is 2.18. The van der Waals surface area contributed by atoms with Crippen LogP contribution < -0.4 is 15.8 Å². The van der Waals surface area contributed by atoms with Crippen molar-refractivity contribution in [2.24, 2.45) is 14.1 Å². The number of hydrogen-bond donors (Lipinski definition) is 1. The van der Waals surface area contributed by atoms with Gasteiger partial charge in [0.2, 0.25) is 0 Å². The van der Waals surface area contributed by atoms with Crippen molar-refractivity contribution in [3.05, 3.63) is 67.6 Å². The second kappa shape index (κ2) is 6.16. The number of benzene rings is 2. The fourth-order valence-electron chi connectivity index (χ4n) is 2.48. The maximum atomic E-state index is 12.7. The number of aromatic nitrogens is 2. The van der Waals surface area contributed by atoms with Crippen LogP contribution in [-0.2, 0) is 24.1 Å². The van der Waals surface area contributed by atoms with Gasteiger partial charge in [-0.15, -0.1) is 0 Å². The van der Waals surface area contributed by atoms with E-state index in [1.807, 2.05) is 0 Å². The molecular formula is C16H14BrN3O4S. The number of para-hydroxylation sites is 1. The molecule has 0 aliphatic heterocycles. The summed E-state index contributed by atoms with van der Waals surface area (Å²) in [5, 5.41) is 0. The molecule has 1 aromatic heterocycles. The van der Waals surface area contributed by atoms with Gasteiger partial charge in [-0.2, -0.15) is 0 Å². The highest BCUT2D eigenvalue weighted by atomic mass is 79.9. The van der Waals surface area contributed by atoms with Crippen molar-refractivity contribution in [2.75, 3.05) is 4.72 Å². The molecule has 2 aromatic carbocycles. The first-order valence-corrected chi connectivity index (χ1v) is 9.47. The zero-order valence-corrected chi connectivity index (χ0v) is 15.8. The highest BCUT2D eigenvalue weighted by Crippen LogP contribution is 2.25. The van der Waals surface area contributed by atoms with Crippen molar-refractivity contribution in [3.8, 4) is 0 Å². The van der Waals surface area contributed by atoms with Gasteiger partial charge in [-0.3, -0.25) is 14.3 Å². The van der Waals surface area contributed by atoms with E-state index in [0.717, 1.165) is 4.57 Å². The Labute approximate surface area is 151 Å². The molecule has 130 valence electrons. The summed E-state index contributed by atoms with van der Waals surface area (Å²) in [6.45, 7) is 0. The van der Waals surface area contributed by atoms with Crippen LogP contribution in [0, 0.1) is 0 Å². The lowest BCUT2D eigenvalue weighted by Gasteiger charge is -2.12. The maximum Gasteiger partial charge on any atom is 0.316 e. The molecule has 0 saturated heterocycles. The third kappa shape index (κ3) is 3.00. The first kappa shape index (κ1) is 17.4. The van der Waals surface area contributed by atoms with Crippen molar-refractivity contribution in [1.82, 2.24) is 9.13 Å². The molecule has 0 atom stereocenters. The molecule has 0 aliphatic carbocycles. The first-order valence-electron chi connectivity index (χ1n) is 7.19. The van der Waals surface area contributed by atoms with Crippen LogP contribution in [0.15, 0.2) is 61.4 Å². The predicted molar refractivity (Wildman–Crippen MR) is 99.4 cm³/mol. The second-order valence-electron chi connectivity index (χ2n) is 5.46. The monoisotopic (exact) mass is 423 g/mol. The van der Waals surface area contributed by atoms with Crippen molar-refractivity contribution >= 4 is 42.7 Å². The Morgan fingerprint density at radius 1 is 0.920 bits per heavy atom. The van der Waals surface area contributed by atoms with E-state index < -0.39 is 21.1 Å². The number of halogens is 1. The lowest BCUT2D eigenvalue weighted by molar-refractivity contribution is 0.601. The molecule has 1 N–H and O–H groups in total. The quantitative estimate of drug-likeness (QED) is 0.650. The number of anilines is 1. The summed E-state index contributed by atoms with van der Waals surface area (Å²) in [7, 11) is -0.957. The van der Waals surface area contributed by atoms with Crippen LogP contribution in [0.3, 0.4) is 0 Å². The third-order valence-corrected chi connectivity index (χ3v) is 5.94. The van der Waals surface area contributed by atoms with Gasteiger partial charge < -0.3 is 9.13 Å². The molecule has 0 bridgehead atoms. The Kier molecular flexibility index (Phi) is 4.29. The molecule has 1 heterocycles. The molecule has 3 rings (SSSR count). The topological polar surface area (TPSA) is 90.2 Å². The van der Waals surface area contributed by atoms with Crippen LogP contribution >= 0.6 is 15.9 Å². The summed E-state index contributed by atoms with van der Waals surface area (Å²) < 4.78 is 30.8. The smallest absolute Gasteiger partial charge is 0.305 e. The minimum atomic E-state index is -3.86. The molecule has 0 saturated carbocycles. The van der Waals surface area contributed by atoms with Crippen LogP contribution in [0.5, 0.6) is 0 Å². The van der Waals surface area contributed by atoms with Gasteiger partial charge >= 0.3 is 11.1 Å². The van der Waals surface area contributed by atoms with Gasteiger partial charge in [-0.25, -0.2) is 8.42 Å². The predicted octanol–water partition coefficient (Wildman–Crippen LogP) is 1.80. The summed E-state index contributed by atoms with van der Waals surface area (Å²) in [6.07, 6.45) is 0. The van der Waals surface area contributed by atoms with Crippen molar-refractivity contribution in [2.45, 2.75) is 4.90 Å². The number of hydrogen-bond acceptors (Lipinski definition) is 4. The van der Waals surface area contributed by atoms with Gasteiger partial charge in [0.05, 0.1) is 21.6 Å². The number of nitrogens with one attached hydrogen (secondary N) is 1. The Morgan fingerprint density at radius 2 is 1.52 bits per heavy atom. The molecule has 0 unspecified atom stereocenters. The highest BCUT2D eigenvalue weighted by molar-refractivity contribution is 9.10. The van der Waals surface area contributed by atoms with E-state index in [1.54, 1.807) is 24.3 Å². The standard InChI is InChI=1S/C16H14BrN3O4S/c1-19-13-8-7-10(9-14(13)20(2)16(22)15(19)21)25(23,24)18-12-6-4-3-5-11(12)17/h3-9,18H,1-2H3. The van der Waals surface area contributed by atoms with Gasteiger partial charge in [0.15, 0.2) is 0 Å². The number of nitrogens with zero attached hydrogens (tertiary/aromatic N) is 2. The van der Waals surface area contributed by atoms with Crippen molar-refractivity contribution in [1.29, 1.82) is 0 Å². The number of rotatable bonds is 3. The lowest BCUT2D eigenvalue weighted by Crippen LogP contribution is -2.39. The number of aryl methyl sites for hydroxylation is 2. The van der Waals surface area contributed by atoms with E-state index in [-0.39, 0.29) is 4.90 Å². The molecule has 0 radical (unpaired) electrons. The van der Waals surface area contributed by atoms with Gasteiger partial charge in [0.1, 0.15) is 0 Å². The summed E-state index contributed by atoms with van der Waals surface area (Å²) in [5.74, 6) is 0. The second-order valence-corrected chi connectivity index (χ2v) is 8.00. The first-order chi connectivity index (χ1) is 11.7. The van der Waals surface area contributed by atoms with Crippen LogP contribution in [0.1, 0.15) is 0 Å². The van der Waals surface area contributed by atoms with E-state index >= 15 is 0 Å². The van der Waals surface area contributed by atoms with Gasteiger partial charge in [0.25, 0.3) is 10.0 Å². The van der Waals surface area contributed by atoms with Crippen LogP contribution in [0.2, 0.25) is 0 Å². The lowest BCUT2D eigenvalue weighted by atomic mass is 10.3. The molecule has 0 fully saturated rings. The Hall–Kier alpha value is -2.39. The van der Waals surface area contributed by atoms with E-state index in [9.17, 15) is 18.0 Å². The number of sulfonamides is 1. The molecule has 0 aliphatic rings. The molecule has 25 heavy (non-hydrogen) atoms. The Bertz CT molecular complexity index is 1210. The molecule has 3 aromatic rings. The van der Waals surface area contributed by atoms with Gasteiger partial charge in [-0.1, -0.05) is 12.1 Å². The largest absolute Gasteiger partial charge is 0.316 e. The van der Waals surface area contributed by atoms with Crippen LogP contribution in [-0.4, -0.2) is 17.6 Å². The van der Waals surface area contributed by atoms with Crippen molar-refractivity contribution < 1.29 is 8.42 Å². The fraction of sp³-hybridized carbons (Fsp3) is 0.125. The molecular weight excluding hydrogens is 410 g/mol. The van der Waals surface area contributed by atoms with Gasteiger partial charge in [-0.05, 0) is 46.3 Å². The Morgan fingerprint density at radius 3 is 2.16 bits per heavy atom. The summed E-state index contributed by atoms with van der Waals surface area (Å²) in [5.41, 5.74) is -0.175. The number of fused-ring (bicyclic) bond motifs is 1. The average Bonchev–Trinajstić information content (AvgIpc) is 2.59. The van der Waals surface area contributed by atoms with E-state index in [4.69, 9.17) is 0 Å². The summed E-state index contributed by atoms with van der Waals surface area (Å²) >= 11 is 3.29. The van der Waals surface area contributed by atoms with E-state index in [1.165, 1.54) is 36.9 Å². The molecule has 0 amide bonds. The van der Waals surface area contributed by atoms with E-state index in [2.05, 4.69) is 20.7 Å². The third-order valence-electron chi connectivity index (χ3n) is 3.89. The van der Waals surface area contributed by atoms with Crippen LogP contribution in [0.4, 0.5) is 5.69 Å². The molecule has 9 heteroatoms. The van der Waals surface area contributed by atoms with Crippen LogP contribution in [0.25, 0.3) is 11.0 Å². The van der Waals surface area contributed by atoms with Crippen molar-refractivity contribution in [3.63, 3.8) is 0 Å². The molecule has 0 spiro atoms. The van der Waals surface area contributed by atoms with Gasteiger partial charge in [0, 0.05) is 18.6 Å². The molecule has 7 nitrogen and oxygen atoms in total. The maximum absolute atomic E-state index is 12.7. The zero-order chi connectivity index (χ0) is 18.4. The SMILES string of the molecule is Cn1c(=O)c(=O)n(C)c2cc(S(=O)(=O)Nc3ccccc3Br)ccc21. The summed E-state index contributed by atoms with van der Waals surface area (Å²) in [4.78, 5) is 23.8. The average molecular weight is 424 g/mol. The minimum Gasteiger partial charge on any atom is -0.305 e. The fourth-order valence-corrected chi connectivity index (χ4v) is 4.09. The van der Waals surface area contributed by atoms with E-state index in [0.29, 0.717) is 21.2 Å². The highest BCUT2D eigenvalue weighted by Gasteiger charge is 2.18.